The Morgan fingerprint density at radius 3 is 3.00 bits per heavy atom. The second kappa shape index (κ2) is 3.45. The van der Waals surface area contributed by atoms with Crippen LogP contribution in [0.15, 0.2) is 24.3 Å². The summed E-state index contributed by atoms with van der Waals surface area (Å²) in [5.74, 6) is 0.194. The Bertz CT molecular complexity index is 715. The van der Waals surface area contributed by atoms with E-state index in [1.54, 1.807) is 12.1 Å². The number of pyridine rings is 1. The molecule has 86 valence electrons. The first-order chi connectivity index (χ1) is 8.20. The molecule has 0 radical (unpaired) electrons. The summed E-state index contributed by atoms with van der Waals surface area (Å²) in [4.78, 5) is 7.48. The van der Waals surface area contributed by atoms with E-state index in [2.05, 4.69) is 9.97 Å². The Hall–Kier alpha value is -2.10. The highest BCUT2D eigenvalue weighted by atomic mass is 19.1. The Morgan fingerprint density at radius 2 is 2.24 bits per heavy atom. The molecule has 0 saturated heterocycles. The molecule has 0 saturated carbocycles. The lowest BCUT2D eigenvalue weighted by Gasteiger charge is -2.00. The van der Waals surface area contributed by atoms with Gasteiger partial charge in [-0.1, -0.05) is 13.0 Å². The third kappa shape index (κ3) is 1.37. The minimum atomic E-state index is -0.235. The van der Waals surface area contributed by atoms with Crippen molar-refractivity contribution >= 4 is 27.6 Å². The lowest BCUT2D eigenvalue weighted by molar-refractivity contribution is 0.640. The Kier molecular flexibility index (Phi) is 2.04. The summed E-state index contributed by atoms with van der Waals surface area (Å²) in [5.41, 5.74) is 8.28. The van der Waals surface area contributed by atoms with Crippen molar-refractivity contribution in [1.82, 2.24) is 9.97 Å². The number of nitrogen functional groups attached to an aromatic ring is 1. The summed E-state index contributed by atoms with van der Waals surface area (Å²) in [6.45, 7) is 2.00. The minimum Gasteiger partial charge on any atom is -0.384 e. The quantitative estimate of drug-likeness (QED) is 0.674. The Morgan fingerprint density at radius 1 is 1.41 bits per heavy atom. The van der Waals surface area contributed by atoms with Crippen molar-refractivity contribution in [3.8, 4) is 0 Å². The second-order valence-electron chi connectivity index (χ2n) is 4.06. The van der Waals surface area contributed by atoms with E-state index < -0.39 is 0 Å². The largest absolute Gasteiger partial charge is 0.384 e. The van der Waals surface area contributed by atoms with Crippen molar-refractivity contribution in [2.45, 2.75) is 13.3 Å². The number of fused-ring (bicyclic) bond motifs is 3. The number of nitrogens with zero attached hydrogens (tertiary/aromatic N) is 1. The molecule has 0 aliphatic heterocycles. The third-order valence-electron chi connectivity index (χ3n) is 2.99. The van der Waals surface area contributed by atoms with E-state index in [-0.39, 0.29) is 5.82 Å². The fourth-order valence-corrected chi connectivity index (χ4v) is 2.25. The minimum absolute atomic E-state index is 0.235. The van der Waals surface area contributed by atoms with Crippen LogP contribution in [0.4, 0.5) is 10.2 Å². The van der Waals surface area contributed by atoms with Crippen molar-refractivity contribution in [2.75, 3.05) is 5.73 Å². The van der Waals surface area contributed by atoms with E-state index >= 15 is 0 Å². The van der Waals surface area contributed by atoms with Gasteiger partial charge < -0.3 is 10.7 Å². The molecule has 0 bridgehead atoms. The van der Waals surface area contributed by atoms with Gasteiger partial charge in [0.25, 0.3) is 0 Å². The van der Waals surface area contributed by atoms with E-state index in [1.807, 2.05) is 13.0 Å². The average molecular weight is 229 g/mol. The molecule has 17 heavy (non-hydrogen) atoms. The van der Waals surface area contributed by atoms with Crippen LogP contribution < -0.4 is 5.73 Å². The smallest absolute Gasteiger partial charge is 0.133 e. The predicted molar refractivity (Wildman–Crippen MR) is 67.3 cm³/mol. The topological polar surface area (TPSA) is 54.7 Å². The number of hydrogen-bond acceptors (Lipinski definition) is 2. The van der Waals surface area contributed by atoms with Crippen molar-refractivity contribution in [3.05, 3.63) is 35.8 Å². The number of halogens is 1. The zero-order valence-corrected chi connectivity index (χ0v) is 9.42. The molecule has 3 rings (SSSR count). The first-order valence-electron chi connectivity index (χ1n) is 5.56. The van der Waals surface area contributed by atoms with Gasteiger partial charge >= 0.3 is 0 Å². The highest BCUT2D eigenvalue weighted by molar-refractivity contribution is 6.08. The SMILES string of the molecule is CCc1nc(N)cc2c1[nH]c1cccc(F)c12. The van der Waals surface area contributed by atoms with Gasteiger partial charge in [0.15, 0.2) is 0 Å². The molecule has 3 N–H and O–H groups in total. The number of aryl methyl sites for hydroxylation is 1. The molecule has 1 aromatic carbocycles. The van der Waals surface area contributed by atoms with E-state index in [0.29, 0.717) is 11.2 Å². The summed E-state index contributed by atoms with van der Waals surface area (Å²) < 4.78 is 13.8. The number of hydrogen-bond donors (Lipinski definition) is 2. The molecule has 4 heteroatoms. The van der Waals surface area contributed by atoms with Gasteiger partial charge in [0.05, 0.1) is 11.2 Å². The monoisotopic (exact) mass is 229 g/mol. The number of anilines is 1. The zero-order chi connectivity index (χ0) is 12.0. The standard InChI is InChI=1S/C13H12FN3/c1-2-9-13-7(6-11(15)16-9)12-8(14)4-3-5-10(12)17-13/h3-6,17H,2H2,1H3,(H2,15,16). The fourth-order valence-electron chi connectivity index (χ4n) is 2.25. The first kappa shape index (κ1) is 10.1. The molecule has 2 aromatic heterocycles. The maximum absolute atomic E-state index is 13.8. The molecule has 3 nitrogen and oxygen atoms in total. The van der Waals surface area contributed by atoms with Crippen LogP contribution in [0.5, 0.6) is 0 Å². The highest BCUT2D eigenvalue weighted by Gasteiger charge is 2.12. The molecular formula is C13H12FN3. The average Bonchev–Trinajstić information content (AvgIpc) is 2.67. The number of aromatic amines is 1. The van der Waals surface area contributed by atoms with Crippen LogP contribution in [0.25, 0.3) is 21.8 Å². The summed E-state index contributed by atoms with van der Waals surface area (Å²) in [7, 11) is 0. The van der Waals surface area contributed by atoms with E-state index in [9.17, 15) is 4.39 Å². The van der Waals surface area contributed by atoms with Crippen LogP contribution in [-0.2, 0) is 6.42 Å². The maximum atomic E-state index is 13.8. The molecule has 0 aliphatic rings. The summed E-state index contributed by atoms with van der Waals surface area (Å²) >= 11 is 0. The molecular weight excluding hydrogens is 217 g/mol. The Balaban J connectivity index is 2.57. The van der Waals surface area contributed by atoms with Gasteiger partial charge in [0.1, 0.15) is 11.6 Å². The van der Waals surface area contributed by atoms with Gasteiger partial charge in [-0.3, -0.25) is 0 Å². The molecule has 0 unspecified atom stereocenters. The van der Waals surface area contributed by atoms with Crippen molar-refractivity contribution < 1.29 is 4.39 Å². The van der Waals surface area contributed by atoms with Crippen LogP contribution in [0.3, 0.4) is 0 Å². The molecule has 0 fully saturated rings. The van der Waals surface area contributed by atoms with Gasteiger partial charge in [-0.2, -0.15) is 0 Å². The first-order valence-corrected chi connectivity index (χ1v) is 5.56. The molecule has 0 spiro atoms. The summed E-state index contributed by atoms with van der Waals surface area (Å²) in [5, 5.41) is 1.40. The maximum Gasteiger partial charge on any atom is 0.133 e. The number of rotatable bonds is 1. The van der Waals surface area contributed by atoms with Gasteiger partial charge in [-0.25, -0.2) is 9.37 Å². The van der Waals surface area contributed by atoms with E-state index in [4.69, 9.17) is 5.73 Å². The third-order valence-corrected chi connectivity index (χ3v) is 2.99. The fraction of sp³-hybridized carbons (Fsp3) is 0.154. The molecule has 0 atom stereocenters. The number of aromatic nitrogens is 2. The Labute approximate surface area is 97.5 Å². The molecule has 0 amide bonds. The van der Waals surface area contributed by atoms with Crippen LogP contribution >= 0.6 is 0 Å². The normalized spacial score (nSPS) is 11.4. The van der Waals surface area contributed by atoms with Crippen LogP contribution in [-0.4, -0.2) is 9.97 Å². The van der Waals surface area contributed by atoms with Crippen molar-refractivity contribution in [2.24, 2.45) is 0 Å². The van der Waals surface area contributed by atoms with Gasteiger partial charge in [0.2, 0.25) is 0 Å². The number of benzene rings is 1. The number of nitrogens with two attached hydrogens (primary N) is 1. The van der Waals surface area contributed by atoms with Crippen LogP contribution in [0, 0.1) is 5.82 Å². The van der Waals surface area contributed by atoms with Gasteiger partial charge in [0, 0.05) is 16.3 Å². The molecule has 2 heterocycles. The number of nitrogens with one attached hydrogen (secondary N) is 1. The lowest BCUT2D eigenvalue weighted by atomic mass is 10.1. The van der Waals surface area contributed by atoms with Crippen molar-refractivity contribution in [1.29, 1.82) is 0 Å². The highest BCUT2D eigenvalue weighted by Crippen LogP contribution is 2.30. The molecule has 0 aliphatic carbocycles. The summed E-state index contributed by atoms with van der Waals surface area (Å²) in [6.07, 6.45) is 0.760. The second-order valence-corrected chi connectivity index (χ2v) is 4.06. The lowest BCUT2D eigenvalue weighted by Crippen LogP contribution is -1.95. The molecule has 3 aromatic rings. The van der Waals surface area contributed by atoms with Crippen molar-refractivity contribution in [3.63, 3.8) is 0 Å². The van der Waals surface area contributed by atoms with Crippen LogP contribution in [0.1, 0.15) is 12.6 Å². The summed E-state index contributed by atoms with van der Waals surface area (Å²) in [6, 6.07) is 6.72. The predicted octanol–water partition coefficient (Wildman–Crippen LogP) is 3.00. The number of H-pyrrole nitrogens is 1. The van der Waals surface area contributed by atoms with E-state index in [1.165, 1.54) is 6.07 Å². The van der Waals surface area contributed by atoms with Gasteiger partial charge in [-0.05, 0) is 24.6 Å². The van der Waals surface area contributed by atoms with E-state index in [0.717, 1.165) is 28.5 Å². The van der Waals surface area contributed by atoms with Crippen LogP contribution in [0.2, 0.25) is 0 Å². The van der Waals surface area contributed by atoms with Gasteiger partial charge in [-0.15, -0.1) is 0 Å². The zero-order valence-electron chi connectivity index (χ0n) is 9.42.